The smallest absolute Gasteiger partial charge is 0.328 e. The molecule has 0 spiro atoms. The van der Waals surface area contributed by atoms with Crippen molar-refractivity contribution in [3.8, 4) is 11.5 Å². The van der Waals surface area contributed by atoms with Crippen LogP contribution in [-0.4, -0.2) is 31.6 Å². The molecule has 110 valence electrons. The van der Waals surface area contributed by atoms with Crippen molar-refractivity contribution in [1.82, 2.24) is 10.6 Å². The van der Waals surface area contributed by atoms with Gasteiger partial charge in [0, 0.05) is 11.6 Å². The molecule has 0 atom stereocenters. The zero-order valence-electron chi connectivity index (χ0n) is 11.6. The van der Waals surface area contributed by atoms with Crippen molar-refractivity contribution < 1.29 is 23.9 Å². The highest BCUT2D eigenvalue weighted by Crippen LogP contribution is 2.27. The lowest BCUT2D eigenvalue weighted by molar-refractivity contribution is -0.123. The second-order valence-corrected chi connectivity index (χ2v) is 4.13. The first-order chi connectivity index (χ1) is 10.0. The summed E-state index contributed by atoms with van der Waals surface area (Å²) in [5.41, 5.74) is 0.369. The Hall–Kier alpha value is -2.83. The van der Waals surface area contributed by atoms with Crippen molar-refractivity contribution in [2.45, 2.75) is 6.92 Å². The lowest BCUT2D eigenvalue weighted by Crippen LogP contribution is -2.51. The first-order valence-electron chi connectivity index (χ1n) is 6.24. The van der Waals surface area contributed by atoms with Crippen molar-refractivity contribution in [1.29, 1.82) is 0 Å². The number of barbiturate groups is 1. The van der Waals surface area contributed by atoms with Gasteiger partial charge in [-0.3, -0.25) is 20.2 Å². The topological polar surface area (TPSA) is 93.7 Å². The van der Waals surface area contributed by atoms with Crippen molar-refractivity contribution in [3.05, 3.63) is 29.3 Å². The zero-order valence-corrected chi connectivity index (χ0v) is 11.6. The molecule has 21 heavy (non-hydrogen) atoms. The summed E-state index contributed by atoms with van der Waals surface area (Å²) in [5, 5.41) is 4.02. The van der Waals surface area contributed by atoms with Crippen molar-refractivity contribution >= 4 is 23.9 Å². The van der Waals surface area contributed by atoms with Crippen LogP contribution in [0.2, 0.25) is 0 Å². The van der Waals surface area contributed by atoms with Gasteiger partial charge in [0.05, 0.1) is 13.7 Å². The number of methoxy groups -OCH3 is 1. The molecule has 7 nitrogen and oxygen atoms in total. The van der Waals surface area contributed by atoms with E-state index in [1.807, 2.05) is 17.6 Å². The molecule has 0 bridgehead atoms. The molecule has 1 aliphatic heterocycles. The number of benzene rings is 1. The molecule has 1 aromatic carbocycles. The van der Waals surface area contributed by atoms with E-state index in [2.05, 4.69) is 0 Å². The van der Waals surface area contributed by atoms with Crippen molar-refractivity contribution in [3.63, 3.8) is 0 Å². The molecule has 0 unspecified atom stereocenters. The minimum absolute atomic E-state index is 0.166. The quantitative estimate of drug-likeness (QED) is 0.633. The third kappa shape index (κ3) is 3.19. The van der Waals surface area contributed by atoms with Gasteiger partial charge in [-0.2, -0.15) is 0 Å². The number of hydrogen-bond acceptors (Lipinski definition) is 5. The summed E-state index contributed by atoms with van der Waals surface area (Å²) in [6.07, 6.45) is 1.36. The van der Waals surface area contributed by atoms with Gasteiger partial charge in [0.1, 0.15) is 17.1 Å². The Morgan fingerprint density at radius 3 is 2.38 bits per heavy atom. The van der Waals surface area contributed by atoms with Gasteiger partial charge in [-0.25, -0.2) is 4.79 Å². The van der Waals surface area contributed by atoms with Gasteiger partial charge in [0.15, 0.2) is 0 Å². The Balaban J connectivity index is 2.41. The number of ether oxygens (including phenoxy) is 2. The number of carbonyl (C=O) groups is 3. The number of rotatable bonds is 4. The molecule has 0 aliphatic carbocycles. The van der Waals surface area contributed by atoms with Crippen LogP contribution in [0, 0.1) is 0 Å². The lowest BCUT2D eigenvalue weighted by atomic mass is 10.1. The molecule has 7 heteroatoms. The minimum atomic E-state index is -0.832. The fourth-order valence-corrected chi connectivity index (χ4v) is 1.80. The fraction of sp³-hybridized carbons (Fsp3) is 0.214. The van der Waals surface area contributed by atoms with E-state index in [9.17, 15) is 14.4 Å². The Kier molecular flexibility index (Phi) is 4.22. The SMILES string of the molecule is CCOc1cc(OC)ccc1C=C1C(=O)NC(=O)NC1=O. The lowest BCUT2D eigenvalue weighted by Gasteiger charge is -2.15. The first kappa shape index (κ1) is 14.6. The van der Waals surface area contributed by atoms with Crippen LogP contribution in [0.1, 0.15) is 12.5 Å². The Bertz CT molecular complexity index is 614. The van der Waals surface area contributed by atoms with Crippen LogP contribution in [0.15, 0.2) is 23.8 Å². The molecular formula is C14H14N2O5. The van der Waals surface area contributed by atoms with Crippen LogP contribution in [-0.2, 0) is 9.59 Å². The molecule has 1 aromatic rings. The van der Waals surface area contributed by atoms with E-state index in [1.54, 1.807) is 18.2 Å². The molecular weight excluding hydrogens is 276 g/mol. The predicted octanol–water partition coefficient (Wildman–Crippen LogP) is 0.843. The van der Waals surface area contributed by atoms with Gasteiger partial charge in [-0.1, -0.05) is 0 Å². The molecule has 2 N–H and O–H groups in total. The van der Waals surface area contributed by atoms with Gasteiger partial charge in [-0.15, -0.1) is 0 Å². The van der Waals surface area contributed by atoms with Gasteiger partial charge in [0.25, 0.3) is 11.8 Å². The summed E-state index contributed by atoms with van der Waals surface area (Å²) in [4.78, 5) is 34.4. The molecule has 1 heterocycles. The van der Waals surface area contributed by atoms with Crippen LogP contribution in [0.4, 0.5) is 4.79 Å². The summed E-state index contributed by atoms with van der Waals surface area (Å²) >= 11 is 0. The first-order valence-corrected chi connectivity index (χ1v) is 6.24. The van der Waals surface area contributed by atoms with Crippen LogP contribution in [0.5, 0.6) is 11.5 Å². The van der Waals surface area contributed by atoms with E-state index in [4.69, 9.17) is 9.47 Å². The zero-order chi connectivity index (χ0) is 15.4. The monoisotopic (exact) mass is 290 g/mol. The van der Waals surface area contributed by atoms with E-state index in [0.717, 1.165) is 0 Å². The molecule has 2 rings (SSSR count). The highest BCUT2D eigenvalue weighted by Gasteiger charge is 2.28. The van der Waals surface area contributed by atoms with E-state index < -0.39 is 17.8 Å². The van der Waals surface area contributed by atoms with Gasteiger partial charge in [-0.05, 0) is 25.1 Å². The van der Waals surface area contributed by atoms with Gasteiger partial charge >= 0.3 is 6.03 Å². The number of carbonyl (C=O) groups excluding carboxylic acids is 3. The standard InChI is InChI=1S/C14H14N2O5/c1-3-21-11-7-9(20-2)5-4-8(11)6-10-12(17)15-14(19)16-13(10)18/h4-7H,3H2,1-2H3,(H2,15,16,17,18,19). The Morgan fingerprint density at radius 1 is 1.14 bits per heavy atom. The third-order valence-electron chi connectivity index (χ3n) is 2.76. The molecule has 0 radical (unpaired) electrons. The molecule has 1 aliphatic rings. The molecule has 4 amide bonds. The summed E-state index contributed by atoms with van der Waals surface area (Å²) in [6, 6.07) is 4.16. The van der Waals surface area contributed by atoms with E-state index >= 15 is 0 Å². The largest absolute Gasteiger partial charge is 0.497 e. The number of amides is 4. The second-order valence-electron chi connectivity index (χ2n) is 4.13. The summed E-state index contributed by atoms with van der Waals surface area (Å²) in [6.45, 7) is 2.23. The second kappa shape index (κ2) is 6.08. The van der Waals surface area contributed by atoms with Crippen LogP contribution >= 0.6 is 0 Å². The number of urea groups is 1. The van der Waals surface area contributed by atoms with Crippen molar-refractivity contribution in [2.75, 3.05) is 13.7 Å². The number of imide groups is 2. The molecule has 1 saturated heterocycles. The Labute approximate surface area is 120 Å². The predicted molar refractivity (Wildman–Crippen MR) is 73.8 cm³/mol. The molecule has 1 fully saturated rings. The maximum Gasteiger partial charge on any atom is 0.328 e. The van der Waals surface area contributed by atoms with Crippen LogP contribution < -0.4 is 20.1 Å². The minimum Gasteiger partial charge on any atom is -0.497 e. The highest BCUT2D eigenvalue weighted by atomic mass is 16.5. The number of nitrogens with one attached hydrogen (secondary N) is 2. The summed E-state index contributed by atoms with van der Waals surface area (Å²) < 4.78 is 10.6. The summed E-state index contributed by atoms with van der Waals surface area (Å²) in [7, 11) is 1.52. The highest BCUT2D eigenvalue weighted by molar-refractivity contribution is 6.31. The normalized spacial score (nSPS) is 14.4. The average molecular weight is 290 g/mol. The van der Waals surface area contributed by atoms with E-state index in [1.165, 1.54) is 13.2 Å². The fourth-order valence-electron chi connectivity index (χ4n) is 1.80. The van der Waals surface area contributed by atoms with Gasteiger partial charge < -0.3 is 9.47 Å². The molecule has 0 saturated carbocycles. The van der Waals surface area contributed by atoms with Crippen LogP contribution in [0.25, 0.3) is 6.08 Å². The maximum atomic E-state index is 11.7. The molecule has 0 aromatic heterocycles. The van der Waals surface area contributed by atoms with Gasteiger partial charge in [0.2, 0.25) is 0 Å². The maximum absolute atomic E-state index is 11.7. The van der Waals surface area contributed by atoms with Crippen LogP contribution in [0.3, 0.4) is 0 Å². The summed E-state index contributed by atoms with van der Waals surface area (Å²) in [5.74, 6) is -0.431. The third-order valence-corrected chi connectivity index (χ3v) is 2.76. The van der Waals surface area contributed by atoms with Crippen molar-refractivity contribution in [2.24, 2.45) is 0 Å². The van der Waals surface area contributed by atoms with E-state index in [-0.39, 0.29) is 5.57 Å². The average Bonchev–Trinajstić information content (AvgIpc) is 2.44. The Morgan fingerprint density at radius 2 is 1.81 bits per heavy atom. The number of hydrogen-bond donors (Lipinski definition) is 2. The van der Waals surface area contributed by atoms with E-state index in [0.29, 0.717) is 23.7 Å².